The number of benzene rings is 1. The Morgan fingerprint density at radius 1 is 1.19 bits per heavy atom. The normalized spacial score (nSPS) is 14.0. The fourth-order valence-corrected chi connectivity index (χ4v) is 3.44. The van der Waals surface area contributed by atoms with E-state index in [1.54, 1.807) is 30.5 Å². The van der Waals surface area contributed by atoms with E-state index in [0.29, 0.717) is 29.7 Å². The Balaban J connectivity index is 1.62. The first-order valence-corrected chi connectivity index (χ1v) is 11.7. The molecule has 0 unspecified atom stereocenters. The van der Waals surface area contributed by atoms with Crippen molar-refractivity contribution < 1.29 is 26.4 Å². The van der Waals surface area contributed by atoms with E-state index < -0.39 is 22.1 Å². The number of carbonyl (C=O) groups is 1. The lowest BCUT2D eigenvalue weighted by atomic mass is 10.2. The Kier molecular flexibility index (Phi) is 7.06. The Morgan fingerprint density at radius 2 is 1.91 bits per heavy atom. The molecule has 1 aromatic carbocycles. The summed E-state index contributed by atoms with van der Waals surface area (Å²) in [5.74, 6) is -0.785. The van der Waals surface area contributed by atoms with Crippen LogP contribution in [0.15, 0.2) is 30.5 Å². The first-order valence-electron chi connectivity index (χ1n) is 9.82. The van der Waals surface area contributed by atoms with E-state index in [9.17, 15) is 26.4 Å². The fourth-order valence-electron chi connectivity index (χ4n) is 2.89. The standard InChI is InChI=1S/C19H23F3N6O3S/c1-32(30,31)28-14-5-2-4-13(10-14)26-18-25-11-15(12-6-7-12)16(27-18)23-8-3-9-24-17(29)19(20,21)22/h2,4-5,10-12,28H,3,6-9H2,1H3,(H,24,29)(H2,23,25,26,27). The lowest BCUT2D eigenvalue weighted by molar-refractivity contribution is -0.173. The lowest BCUT2D eigenvalue weighted by Crippen LogP contribution is -2.37. The highest BCUT2D eigenvalue weighted by molar-refractivity contribution is 7.92. The van der Waals surface area contributed by atoms with Crippen LogP contribution in [0, 0.1) is 0 Å². The summed E-state index contributed by atoms with van der Waals surface area (Å²) in [5.41, 5.74) is 1.87. The summed E-state index contributed by atoms with van der Waals surface area (Å²) in [6.45, 7) is 0.183. The van der Waals surface area contributed by atoms with Crippen molar-refractivity contribution in [2.45, 2.75) is 31.4 Å². The third kappa shape index (κ3) is 7.25. The number of alkyl halides is 3. The highest BCUT2D eigenvalue weighted by Crippen LogP contribution is 2.42. The summed E-state index contributed by atoms with van der Waals surface area (Å²) in [6.07, 6.45) is 0.141. The van der Waals surface area contributed by atoms with Gasteiger partial charge in [-0.3, -0.25) is 9.52 Å². The molecule has 1 aliphatic rings. The average molecular weight is 472 g/mol. The minimum Gasteiger partial charge on any atom is -0.370 e. The molecule has 0 saturated heterocycles. The molecule has 1 heterocycles. The largest absolute Gasteiger partial charge is 0.471 e. The molecule has 174 valence electrons. The minimum absolute atomic E-state index is 0.125. The van der Waals surface area contributed by atoms with Crippen molar-refractivity contribution in [3.8, 4) is 0 Å². The van der Waals surface area contributed by atoms with Gasteiger partial charge in [-0.05, 0) is 43.4 Å². The first-order chi connectivity index (χ1) is 15.0. The van der Waals surface area contributed by atoms with Gasteiger partial charge in [0.15, 0.2) is 0 Å². The highest BCUT2D eigenvalue weighted by atomic mass is 32.2. The van der Waals surface area contributed by atoms with Crippen molar-refractivity contribution >= 4 is 39.1 Å². The minimum atomic E-state index is -4.89. The average Bonchev–Trinajstić information content (AvgIpc) is 3.51. The van der Waals surface area contributed by atoms with Crippen molar-refractivity contribution in [3.05, 3.63) is 36.0 Å². The Bertz CT molecular complexity index is 1070. The molecule has 13 heteroatoms. The summed E-state index contributed by atoms with van der Waals surface area (Å²) in [5, 5.41) is 7.94. The number of rotatable bonds is 10. The van der Waals surface area contributed by atoms with E-state index in [-0.39, 0.29) is 18.9 Å². The van der Waals surface area contributed by atoms with E-state index in [1.807, 2.05) is 5.32 Å². The summed E-state index contributed by atoms with van der Waals surface area (Å²) in [7, 11) is -3.42. The summed E-state index contributed by atoms with van der Waals surface area (Å²) < 4.78 is 61.9. The van der Waals surface area contributed by atoms with Crippen LogP contribution in [-0.2, 0) is 14.8 Å². The highest BCUT2D eigenvalue weighted by Gasteiger charge is 2.38. The molecule has 1 amide bonds. The van der Waals surface area contributed by atoms with Crippen LogP contribution in [0.3, 0.4) is 0 Å². The monoisotopic (exact) mass is 472 g/mol. The number of aromatic nitrogens is 2. The second-order valence-corrected chi connectivity index (χ2v) is 9.13. The topological polar surface area (TPSA) is 125 Å². The van der Waals surface area contributed by atoms with Gasteiger partial charge >= 0.3 is 12.1 Å². The molecular formula is C19H23F3N6O3S. The van der Waals surface area contributed by atoms with Gasteiger partial charge < -0.3 is 16.0 Å². The number of nitrogens with zero attached hydrogens (tertiary/aromatic N) is 2. The molecule has 9 nitrogen and oxygen atoms in total. The Morgan fingerprint density at radius 3 is 2.56 bits per heavy atom. The quantitative estimate of drug-likeness (QED) is 0.392. The number of sulfonamides is 1. The predicted octanol–water partition coefficient (Wildman–Crippen LogP) is 2.95. The van der Waals surface area contributed by atoms with E-state index >= 15 is 0 Å². The van der Waals surface area contributed by atoms with Gasteiger partial charge in [0.2, 0.25) is 16.0 Å². The third-order valence-corrected chi connectivity index (χ3v) is 5.05. The zero-order valence-corrected chi connectivity index (χ0v) is 18.0. The molecule has 2 aromatic rings. The molecule has 0 aliphatic heterocycles. The maximum Gasteiger partial charge on any atom is 0.471 e. The number of amides is 1. The summed E-state index contributed by atoms with van der Waals surface area (Å²) in [6, 6.07) is 6.59. The van der Waals surface area contributed by atoms with Crippen LogP contribution in [0.5, 0.6) is 0 Å². The number of halogens is 3. The molecule has 3 rings (SSSR count). The molecule has 1 aliphatic carbocycles. The third-order valence-electron chi connectivity index (χ3n) is 4.45. The molecular weight excluding hydrogens is 449 g/mol. The Hall–Kier alpha value is -3.09. The molecule has 4 N–H and O–H groups in total. The second kappa shape index (κ2) is 9.59. The fraction of sp³-hybridized carbons (Fsp3) is 0.421. The smallest absolute Gasteiger partial charge is 0.370 e. The van der Waals surface area contributed by atoms with Crippen LogP contribution < -0.4 is 20.7 Å². The molecule has 1 fully saturated rings. The van der Waals surface area contributed by atoms with Crippen molar-refractivity contribution in [2.75, 3.05) is 34.7 Å². The Labute approximate surface area is 183 Å². The summed E-state index contributed by atoms with van der Waals surface area (Å²) >= 11 is 0. The van der Waals surface area contributed by atoms with Crippen molar-refractivity contribution in [3.63, 3.8) is 0 Å². The van der Waals surface area contributed by atoms with Gasteiger partial charge in [-0.2, -0.15) is 18.2 Å². The van der Waals surface area contributed by atoms with Gasteiger partial charge in [0.05, 0.1) is 11.9 Å². The van der Waals surface area contributed by atoms with Crippen LogP contribution in [0.4, 0.5) is 36.3 Å². The van der Waals surface area contributed by atoms with Gasteiger partial charge in [-0.1, -0.05) is 6.07 Å². The van der Waals surface area contributed by atoms with Crippen molar-refractivity contribution in [2.24, 2.45) is 0 Å². The van der Waals surface area contributed by atoms with Crippen molar-refractivity contribution in [1.82, 2.24) is 15.3 Å². The number of hydrogen-bond donors (Lipinski definition) is 4. The maximum absolute atomic E-state index is 12.2. The van der Waals surface area contributed by atoms with E-state index in [1.165, 1.54) is 0 Å². The molecule has 0 atom stereocenters. The molecule has 0 bridgehead atoms. The molecule has 32 heavy (non-hydrogen) atoms. The lowest BCUT2D eigenvalue weighted by Gasteiger charge is -2.14. The van der Waals surface area contributed by atoms with Crippen LogP contribution in [-0.4, -0.2) is 49.8 Å². The van der Waals surface area contributed by atoms with E-state index in [0.717, 1.165) is 24.7 Å². The van der Waals surface area contributed by atoms with Crippen LogP contribution >= 0.6 is 0 Å². The predicted molar refractivity (Wildman–Crippen MR) is 114 cm³/mol. The van der Waals surface area contributed by atoms with E-state index in [2.05, 4.69) is 25.3 Å². The second-order valence-electron chi connectivity index (χ2n) is 7.39. The van der Waals surface area contributed by atoms with Crippen LogP contribution in [0.25, 0.3) is 0 Å². The maximum atomic E-state index is 12.2. The molecule has 1 aromatic heterocycles. The molecule has 1 saturated carbocycles. The van der Waals surface area contributed by atoms with Gasteiger partial charge in [0.1, 0.15) is 5.82 Å². The van der Waals surface area contributed by atoms with Crippen LogP contribution in [0.2, 0.25) is 0 Å². The van der Waals surface area contributed by atoms with Gasteiger partial charge in [-0.15, -0.1) is 0 Å². The van der Waals surface area contributed by atoms with Crippen molar-refractivity contribution in [1.29, 1.82) is 0 Å². The number of carbonyl (C=O) groups excluding carboxylic acids is 1. The van der Waals surface area contributed by atoms with Crippen LogP contribution in [0.1, 0.15) is 30.7 Å². The van der Waals surface area contributed by atoms with Gasteiger partial charge in [-0.25, -0.2) is 13.4 Å². The number of hydrogen-bond acceptors (Lipinski definition) is 7. The molecule has 0 spiro atoms. The first kappa shape index (κ1) is 23.6. The zero-order chi connectivity index (χ0) is 23.4. The summed E-state index contributed by atoms with van der Waals surface area (Å²) in [4.78, 5) is 19.6. The molecule has 0 radical (unpaired) electrons. The zero-order valence-electron chi connectivity index (χ0n) is 17.2. The number of nitrogens with one attached hydrogen (secondary N) is 4. The van der Waals surface area contributed by atoms with E-state index in [4.69, 9.17) is 0 Å². The SMILES string of the molecule is CS(=O)(=O)Nc1cccc(Nc2ncc(C3CC3)c(NCCCNC(=O)C(F)(F)F)n2)c1. The van der Waals surface area contributed by atoms with Gasteiger partial charge in [0.25, 0.3) is 0 Å². The number of anilines is 4. The van der Waals surface area contributed by atoms with Gasteiger partial charge in [0, 0.05) is 30.5 Å².